The van der Waals surface area contributed by atoms with Gasteiger partial charge in [-0.15, -0.1) is 0 Å². The van der Waals surface area contributed by atoms with E-state index in [1.54, 1.807) is 81.9 Å². The Morgan fingerprint density at radius 2 is 0.979 bits per heavy atom. The van der Waals surface area contributed by atoms with E-state index in [0.29, 0.717) is 38.5 Å². The maximum atomic E-state index is 17.9. The zero-order valence-electron chi connectivity index (χ0n) is 56.2. The normalized spacial score (nSPS) is 20.0. The van der Waals surface area contributed by atoms with Crippen molar-refractivity contribution in [1.29, 1.82) is 0 Å². The number of carbonyl (C=O) groups is 6. The van der Waals surface area contributed by atoms with Gasteiger partial charge in [0, 0.05) is 69.3 Å². The Morgan fingerprint density at radius 1 is 0.542 bits per heavy atom. The molecule has 6 heterocycles. The zero-order chi connectivity index (χ0) is 69.4. The van der Waals surface area contributed by atoms with Gasteiger partial charge >= 0.3 is 24.1 Å². The van der Waals surface area contributed by atoms with E-state index in [2.05, 4.69) is 10.6 Å². The largest absolute Gasteiger partial charge is 0.453 e. The Balaban J connectivity index is 1.10. The molecule has 0 radical (unpaired) electrons. The maximum Gasteiger partial charge on any atom is 0.407 e. The van der Waals surface area contributed by atoms with Crippen molar-refractivity contribution in [3.8, 4) is 0 Å². The molecular weight excluding hydrogens is 1260 g/mol. The lowest BCUT2D eigenvalue weighted by molar-refractivity contribution is -0.157. The van der Waals surface area contributed by atoms with Gasteiger partial charge < -0.3 is 58.7 Å². The minimum atomic E-state index is -1.21. The highest BCUT2D eigenvalue weighted by Crippen LogP contribution is 2.51. The van der Waals surface area contributed by atoms with Gasteiger partial charge in [0.1, 0.15) is 46.9 Å². The molecule has 27 heteroatoms. The molecule has 0 bridgehead atoms. The molecule has 4 aliphatic heterocycles. The number of anilines is 2. The number of halogens is 5. The van der Waals surface area contributed by atoms with E-state index < -0.39 is 132 Å². The molecule has 4 fully saturated rings. The number of likely N-dealkylation sites (tertiary alicyclic amines) is 2. The number of nitrogens with one attached hydrogen (secondary N) is 2. The molecular formula is C69H85F5N10O12. The fraction of sp³-hybridized carbons (Fsp3) is 0.536. The van der Waals surface area contributed by atoms with Crippen LogP contribution in [0.2, 0.25) is 0 Å². The third-order valence-corrected chi connectivity index (χ3v) is 19.0. The molecule has 6 aromatic rings. The van der Waals surface area contributed by atoms with Gasteiger partial charge in [0.2, 0.25) is 11.8 Å². The first kappa shape index (κ1) is 70.2. The van der Waals surface area contributed by atoms with Crippen LogP contribution in [0.5, 0.6) is 0 Å². The number of benzene rings is 4. The van der Waals surface area contributed by atoms with Crippen molar-refractivity contribution in [2.45, 2.75) is 175 Å². The SMILES string of the molecule is COC(=O)N[C@H](C(=O)N1CCC[C@H]1c1nc2cc([C@H]3CC[C@H](c4cc5c(cc4F)nc([C@@H]4CCCN4C(=O)[C@@H](NC(=O)OC)[C@@H](C)OC)n5COC(=O)C(C)(C)C)N3c3cc(F)c(N4CCC(c5ccc(F)cc5)CC4)c(F)c3)c(F)cc2n1COC(=O)C(C)(C)C)[C@@H](C)OC. The summed E-state index contributed by atoms with van der Waals surface area (Å²) >= 11 is 0. The second kappa shape index (κ2) is 28.6. The van der Waals surface area contributed by atoms with Crippen molar-refractivity contribution in [3.05, 3.63) is 118 Å². The van der Waals surface area contributed by atoms with Crippen LogP contribution in [-0.4, -0.2) is 144 Å². The molecule has 0 saturated carbocycles. The minimum absolute atomic E-state index is 0.00529. The van der Waals surface area contributed by atoms with E-state index in [0.717, 1.165) is 31.9 Å². The number of alkyl carbamates (subject to hydrolysis) is 2. The van der Waals surface area contributed by atoms with E-state index in [4.69, 9.17) is 38.4 Å². The van der Waals surface area contributed by atoms with Crippen molar-refractivity contribution in [2.24, 2.45) is 10.8 Å². The fourth-order valence-corrected chi connectivity index (χ4v) is 13.6. The van der Waals surface area contributed by atoms with Crippen LogP contribution < -0.4 is 20.4 Å². The molecule has 4 aliphatic rings. The monoisotopic (exact) mass is 1340 g/mol. The van der Waals surface area contributed by atoms with Crippen molar-refractivity contribution in [1.82, 2.24) is 39.5 Å². The van der Waals surface area contributed by atoms with Crippen LogP contribution in [0.15, 0.2) is 60.7 Å². The van der Waals surface area contributed by atoms with Crippen molar-refractivity contribution in [2.75, 3.05) is 64.4 Å². The lowest BCUT2D eigenvalue weighted by atomic mass is 9.89. The Morgan fingerprint density at radius 3 is 1.43 bits per heavy atom. The van der Waals surface area contributed by atoms with E-state index >= 15 is 17.6 Å². The van der Waals surface area contributed by atoms with Gasteiger partial charge in [-0.3, -0.25) is 28.3 Å². The molecule has 22 nitrogen and oxygen atoms in total. The Bertz CT molecular complexity index is 3880. The van der Waals surface area contributed by atoms with Crippen molar-refractivity contribution in [3.63, 3.8) is 0 Å². The van der Waals surface area contributed by atoms with Crippen LogP contribution in [0.3, 0.4) is 0 Å². The highest BCUT2D eigenvalue weighted by atomic mass is 19.1. The summed E-state index contributed by atoms with van der Waals surface area (Å²) in [5, 5.41) is 5.15. The predicted octanol–water partition coefficient (Wildman–Crippen LogP) is 11.5. The molecule has 0 unspecified atom stereocenters. The zero-order valence-corrected chi connectivity index (χ0v) is 56.2. The lowest BCUT2D eigenvalue weighted by Crippen LogP contribution is -2.54. The van der Waals surface area contributed by atoms with E-state index in [1.165, 1.54) is 65.0 Å². The number of imidazole rings is 2. The van der Waals surface area contributed by atoms with Crippen LogP contribution in [0.25, 0.3) is 22.1 Å². The summed E-state index contributed by atoms with van der Waals surface area (Å²) in [6, 6.07) is 7.74. The number of rotatable bonds is 19. The van der Waals surface area contributed by atoms with Gasteiger partial charge in [-0.05, 0) is 155 Å². The number of aromatic nitrogens is 4. The number of esters is 2. The second-order valence-electron chi connectivity index (χ2n) is 27.2. The first-order valence-corrected chi connectivity index (χ1v) is 32.4. The summed E-state index contributed by atoms with van der Waals surface area (Å²) in [6.45, 7) is 13.3. The summed E-state index contributed by atoms with van der Waals surface area (Å²) in [4.78, 5) is 97.7. The molecule has 4 saturated heterocycles. The van der Waals surface area contributed by atoms with E-state index in [-0.39, 0.29) is 107 Å². The van der Waals surface area contributed by atoms with Gasteiger partial charge in [-0.2, -0.15) is 0 Å². The molecule has 2 N–H and O–H groups in total. The summed E-state index contributed by atoms with van der Waals surface area (Å²) in [5.74, 6) is -5.59. The molecule has 4 amide bonds. The third-order valence-electron chi connectivity index (χ3n) is 19.0. The quantitative estimate of drug-likeness (QED) is 0.0436. The number of piperidine rings is 1. The number of hydrogen-bond acceptors (Lipinski definition) is 16. The molecule has 4 aromatic carbocycles. The highest BCUT2D eigenvalue weighted by molar-refractivity contribution is 5.88. The standard InChI is InChI=1S/C69H85F5N10O12/c1-37(91-9)57(77-66(89)93-11)62(85)80-25-13-15-53(80)60-75-49-31-43(46(72)34-56(49)83(60)36-96-65(88)69(6,7)8)51-21-22-52(84(51)42-29-47(73)59(48(74)30-42)79-27-23-40(24-28-79)39-17-19-41(70)20-18-39)44-32-55-50(33-45(44)71)76-61(82(55)35-95-64(87)68(3,4)5)54-16-14-26-81(54)63(86)58(38(2)92-10)78-67(90)94-12/h17-20,29-34,37-38,40,51-54,57-58H,13-16,21-28,35-36H2,1-12H3,(H,77,89)(H,78,90)/t37-,38-,51-,52-,53+,54+,57+,58+/m1/s1. The van der Waals surface area contributed by atoms with Gasteiger partial charge in [0.15, 0.2) is 25.1 Å². The summed E-state index contributed by atoms with van der Waals surface area (Å²) < 4.78 is 120. The van der Waals surface area contributed by atoms with Crippen LogP contribution in [0, 0.1) is 39.9 Å². The number of hydrogen-bond donors (Lipinski definition) is 2. The average molecular weight is 1340 g/mol. The van der Waals surface area contributed by atoms with Crippen LogP contribution >= 0.6 is 0 Å². The first-order valence-electron chi connectivity index (χ1n) is 32.4. The average Bonchev–Trinajstić information content (AvgIpc) is 1.58. The number of ether oxygens (including phenoxy) is 6. The topological polar surface area (TPSA) is 230 Å². The highest BCUT2D eigenvalue weighted by Gasteiger charge is 2.45. The number of nitrogens with zero attached hydrogens (tertiary/aromatic N) is 8. The van der Waals surface area contributed by atoms with Crippen molar-refractivity contribution >= 4 is 69.4 Å². The molecule has 8 atom stereocenters. The number of fused-ring (bicyclic) bond motifs is 2. The van der Waals surface area contributed by atoms with Crippen LogP contribution in [0.1, 0.15) is 165 Å². The molecule has 96 heavy (non-hydrogen) atoms. The van der Waals surface area contributed by atoms with Gasteiger partial charge in [-0.1, -0.05) is 12.1 Å². The van der Waals surface area contributed by atoms with Crippen LogP contribution in [-0.2, 0) is 61.1 Å². The summed E-state index contributed by atoms with van der Waals surface area (Å²) in [7, 11) is 5.11. The molecule has 10 rings (SSSR count). The Labute approximate surface area is 554 Å². The fourth-order valence-electron chi connectivity index (χ4n) is 13.6. The smallest absolute Gasteiger partial charge is 0.407 e. The van der Waals surface area contributed by atoms with Gasteiger partial charge in [0.05, 0.1) is 83.5 Å². The predicted molar refractivity (Wildman–Crippen MR) is 344 cm³/mol. The maximum absolute atomic E-state index is 17.9. The van der Waals surface area contributed by atoms with Gasteiger partial charge in [-0.25, -0.2) is 41.5 Å². The third kappa shape index (κ3) is 14.3. The molecule has 0 aliphatic carbocycles. The van der Waals surface area contributed by atoms with Gasteiger partial charge in [0.25, 0.3) is 0 Å². The summed E-state index contributed by atoms with van der Waals surface area (Å²) in [6.07, 6.45) is -0.499. The lowest BCUT2D eigenvalue weighted by Gasteiger charge is -2.36. The van der Waals surface area contributed by atoms with Crippen molar-refractivity contribution < 1.29 is 79.1 Å². The van der Waals surface area contributed by atoms with Crippen LogP contribution in [0.4, 0.5) is 42.9 Å². The first-order chi connectivity index (χ1) is 45.6. The number of methoxy groups -OCH3 is 4. The molecule has 2 aromatic heterocycles. The Kier molecular flexibility index (Phi) is 20.9. The van der Waals surface area contributed by atoms with E-state index in [9.17, 15) is 33.2 Å². The summed E-state index contributed by atoms with van der Waals surface area (Å²) in [5.41, 5.74) is -0.628. The second-order valence-corrected chi connectivity index (χ2v) is 27.2. The number of amides is 4. The Hall–Kier alpha value is -8.59. The molecule has 0 spiro atoms. The number of carbonyl (C=O) groups excluding carboxylic acids is 6. The molecule has 518 valence electrons. The minimum Gasteiger partial charge on any atom is -0.453 e. The van der Waals surface area contributed by atoms with E-state index in [1.807, 2.05) is 0 Å².